The normalized spacial score (nSPS) is 15.5. The van der Waals surface area contributed by atoms with E-state index in [-0.39, 0.29) is 13.0 Å². The number of H-pyrrole nitrogens is 2. The number of halogens is 2. The van der Waals surface area contributed by atoms with Crippen LogP contribution in [-0.4, -0.2) is 54.0 Å². The molecule has 194 valence electrons. The second kappa shape index (κ2) is 9.06. The van der Waals surface area contributed by atoms with E-state index in [1.54, 1.807) is 17.3 Å². The van der Waals surface area contributed by atoms with Crippen LogP contribution in [0.2, 0.25) is 0 Å². The van der Waals surface area contributed by atoms with Gasteiger partial charge in [0.15, 0.2) is 11.5 Å². The molecule has 0 radical (unpaired) electrons. The molecule has 0 aliphatic carbocycles. The molecule has 0 atom stereocenters. The fraction of sp³-hybridized carbons (Fsp3) is 0.200. The van der Waals surface area contributed by atoms with Crippen LogP contribution in [0.25, 0.3) is 56.0 Å². The van der Waals surface area contributed by atoms with Crippen molar-refractivity contribution < 1.29 is 8.78 Å². The van der Waals surface area contributed by atoms with Gasteiger partial charge in [-0.2, -0.15) is 5.10 Å². The molecule has 4 aromatic heterocycles. The molecule has 2 aromatic carbocycles. The fourth-order valence-electron chi connectivity index (χ4n) is 5.33. The van der Waals surface area contributed by atoms with Gasteiger partial charge in [0.2, 0.25) is 0 Å². The van der Waals surface area contributed by atoms with Gasteiger partial charge in [0.25, 0.3) is 5.92 Å². The summed E-state index contributed by atoms with van der Waals surface area (Å²) in [6, 6.07) is 20.3. The summed E-state index contributed by atoms with van der Waals surface area (Å²) in [6.45, 7) is 2.67. The summed E-state index contributed by atoms with van der Waals surface area (Å²) < 4.78 is 27.3. The topological polar surface area (TPSA) is 86.4 Å². The Morgan fingerprint density at radius 2 is 1.82 bits per heavy atom. The third-order valence-corrected chi connectivity index (χ3v) is 7.22. The average molecular weight is 522 g/mol. The molecule has 0 unspecified atom stereocenters. The molecular weight excluding hydrogens is 496 g/mol. The van der Waals surface area contributed by atoms with Crippen molar-refractivity contribution in [3.05, 3.63) is 84.2 Å². The Morgan fingerprint density at radius 3 is 2.67 bits per heavy atom. The number of alkyl halides is 2. The van der Waals surface area contributed by atoms with Crippen molar-refractivity contribution in [2.75, 3.05) is 13.1 Å². The molecule has 5 heterocycles. The molecule has 1 fully saturated rings. The molecule has 7 nitrogen and oxygen atoms in total. The van der Waals surface area contributed by atoms with Crippen molar-refractivity contribution >= 4 is 22.1 Å². The number of pyridine rings is 2. The first-order valence-corrected chi connectivity index (χ1v) is 12.9. The lowest BCUT2D eigenvalue weighted by atomic mass is 10.0. The lowest BCUT2D eigenvalue weighted by Crippen LogP contribution is -2.24. The highest BCUT2D eigenvalue weighted by molar-refractivity contribution is 5.96. The zero-order valence-electron chi connectivity index (χ0n) is 21.2. The van der Waals surface area contributed by atoms with Crippen molar-refractivity contribution in [1.82, 2.24) is 35.0 Å². The van der Waals surface area contributed by atoms with Gasteiger partial charge in [0.1, 0.15) is 5.52 Å². The summed E-state index contributed by atoms with van der Waals surface area (Å²) >= 11 is 0. The Labute approximate surface area is 223 Å². The van der Waals surface area contributed by atoms with Gasteiger partial charge in [-0.05, 0) is 42.3 Å². The minimum atomic E-state index is -2.62. The summed E-state index contributed by atoms with van der Waals surface area (Å²) in [7, 11) is 0. The molecule has 7 rings (SSSR count). The number of nitrogens with one attached hydrogen (secondary N) is 2. The molecule has 39 heavy (non-hydrogen) atoms. The SMILES string of the molecule is Cc1cccc(-c2cccc3[nH]c(-c4n[nH]c5ccc(-c6cncc(CN7CCC(F)(F)C7)c6)nc45)nc23)c1. The minimum Gasteiger partial charge on any atom is -0.336 e. The zero-order valence-corrected chi connectivity index (χ0v) is 21.2. The molecular formula is C30H25F2N7. The van der Waals surface area contributed by atoms with Crippen LogP contribution in [0, 0.1) is 6.92 Å². The highest BCUT2D eigenvalue weighted by atomic mass is 19.3. The molecule has 1 aliphatic heterocycles. The van der Waals surface area contributed by atoms with Gasteiger partial charge in [0, 0.05) is 43.0 Å². The van der Waals surface area contributed by atoms with Crippen LogP contribution < -0.4 is 0 Å². The lowest BCUT2D eigenvalue weighted by molar-refractivity contribution is 0.0115. The highest BCUT2D eigenvalue weighted by Crippen LogP contribution is 2.33. The van der Waals surface area contributed by atoms with Gasteiger partial charge < -0.3 is 4.98 Å². The molecule has 2 N–H and O–H groups in total. The predicted octanol–water partition coefficient (Wildman–Crippen LogP) is 6.38. The number of hydrogen-bond acceptors (Lipinski definition) is 5. The van der Waals surface area contributed by atoms with Crippen LogP contribution in [0.1, 0.15) is 17.5 Å². The van der Waals surface area contributed by atoms with E-state index >= 15 is 0 Å². The Hall–Kier alpha value is -4.50. The molecule has 6 aromatic rings. The quantitative estimate of drug-likeness (QED) is 0.275. The van der Waals surface area contributed by atoms with Crippen molar-refractivity contribution in [3.63, 3.8) is 0 Å². The van der Waals surface area contributed by atoms with E-state index in [0.29, 0.717) is 30.1 Å². The Morgan fingerprint density at radius 1 is 0.923 bits per heavy atom. The van der Waals surface area contributed by atoms with Gasteiger partial charge in [-0.15, -0.1) is 0 Å². The Balaban J connectivity index is 1.25. The van der Waals surface area contributed by atoms with Crippen molar-refractivity contribution in [2.45, 2.75) is 25.8 Å². The van der Waals surface area contributed by atoms with Crippen molar-refractivity contribution in [2.24, 2.45) is 0 Å². The summed E-state index contributed by atoms with van der Waals surface area (Å²) in [5, 5.41) is 7.60. The number of aromatic nitrogens is 6. The number of hydrogen-bond donors (Lipinski definition) is 2. The van der Waals surface area contributed by atoms with Crippen LogP contribution in [-0.2, 0) is 6.54 Å². The second-order valence-corrected chi connectivity index (χ2v) is 10.2. The summed E-state index contributed by atoms with van der Waals surface area (Å²) in [5.41, 5.74) is 9.65. The van der Waals surface area contributed by atoms with Gasteiger partial charge in [-0.25, -0.2) is 18.7 Å². The number of rotatable bonds is 5. The average Bonchev–Trinajstić information content (AvgIpc) is 3.64. The van der Waals surface area contributed by atoms with E-state index < -0.39 is 5.92 Å². The largest absolute Gasteiger partial charge is 0.336 e. The first-order valence-electron chi connectivity index (χ1n) is 12.9. The lowest BCUT2D eigenvalue weighted by Gasteiger charge is -2.15. The van der Waals surface area contributed by atoms with E-state index in [0.717, 1.165) is 44.5 Å². The number of fused-ring (bicyclic) bond motifs is 2. The maximum Gasteiger partial charge on any atom is 0.261 e. The Kier molecular flexibility index (Phi) is 5.48. The van der Waals surface area contributed by atoms with Crippen molar-refractivity contribution in [1.29, 1.82) is 0 Å². The standard InChI is InChI=1S/C30H25F2N7/c1-18-4-2-5-20(12-18)22-6-3-7-24-26(22)36-29(35-24)28-27-25(37-38-28)9-8-23(34-27)21-13-19(14-33-15-21)16-39-11-10-30(31,32)17-39/h2-9,12-15H,10-11,16-17H2,1H3,(H,35,36)(H,37,38). The van der Waals surface area contributed by atoms with Crippen LogP contribution in [0.3, 0.4) is 0 Å². The van der Waals surface area contributed by atoms with E-state index in [1.165, 1.54) is 5.56 Å². The van der Waals surface area contributed by atoms with Crippen molar-refractivity contribution in [3.8, 4) is 33.9 Å². The number of aryl methyl sites for hydroxylation is 1. The molecule has 9 heteroatoms. The van der Waals surface area contributed by atoms with Crippen LogP contribution in [0.15, 0.2) is 73.1 Å². The Bertz CT molecular complexity index is 1840. The summed E-state index contributed by atoms with van der Waals surface area (Å²) in [5.74, 6) is -1.99. The van der Waals surface area contributed by atoms with Gasteiger partial charge in [-0.1, -0.05) is 42.0 Å². The highest BCUT2D eigenvalue weighted by Gasteiger charge is 2.37. The first kappa shape index (κ1) is 23.6. The van der Waals surface area contributed by atoms with Gasteiger partial charge in [0.05, 0.1) is 28.8 Å². The number of nitrogens with zero attached hydrogens (tertiary/aromatic N) is 5. The molecule has 0 saturated carbocycles. The maximum atomic E-state index is 13.6. The van der Waals surface area contributed by atoms with Crippen LogP contribution in [0.4, 0.5) is 8.78 Å². The number of imidazole rings is 1. The monoisotopic (exact) mass is 521 g/mol. The molecule has 0 bridgehead atoms. The van der Waals surface area contributed by atoms with Crippen LogP contribution in [0.5, 0.6) is 0 Å². The predicted molar refractivity (Wildman–Crippen MR) is 147 cm³/mol. The number of benzene rings is 2. The van der Waals surface area contributed by atoms with Gasteiger partial charge in [-0.3, -0.25) is 15.0 Å². The van der Waals surface area contributed by atoms with E-state index in [9.17, 15) is 8.78 Å². The van der Waals surface area contributed by atoms with Gasteiger partial charge >= 0.3 is 0 Å². The molecule has 0 amide bonds. The summed E-state index contributed by atoms with van der Waals surface area (Å²) in [4.78, 5) is 19.4. The number of likely N-dealkylation sites (tertiary alicyclic amines) is 1. The molecule has 0 spiro atoms. The number of aromatic amines is 2. The number of para-hydroxylation sites is 1. The molecule has 1 aliphatic rings. The van der Waals surface area contributed by atoms with E-state index in [2.05, 4.69) is 51.4 Å². The van der Waals surface area contributed by atoms with E-state index in [4.69, 9.17) is 9.97 Å². The summed E-state index contributed by atoms with van der Waals surface area (Å²) in [6.07, 6.45) is 3.36. The zero-order chi connectivity index (χ0) is 26.6. The third-order valence-electron chi connectivity index (χ3n) is 7.22. The minimum absolute atomic E-state index is 0.101. The van der Waals surface area contributed by atoms with Crippen LogP contribution >= 0.6 is 0 Å². The molecule has 1 saturated heterocycles. The van der Waals surface area contributed by atoms with E-state index in [1.807, 2.05) is 36.4 Å². The maximum absolute atomic E-state index is 13.6. The third kappa shape index (κ3) is 4.44. The fourth-order valence-corrected chi connectivity index (χ4v) is 5.33. The second-order valence-electron chi connectivity index (χ2n) is 10.2. The first-order chi connectivity index (χ1) is 18.9. The smallest absolute Gasteiger partial charge is 0.261 e.